The Kier molecular flexibility index (Phi) is 8.48. The number of carbonyl (C=O) groups is 2. The summed E-state index contributed by atoms with van der Waals surface area (Å²) in [5, 5.41) is 5.65. The Hall–Kier alpha value is -3.06. The SMILES string of the molecule is CCOc1ccc(C(=O)NC(C(=O)Nc2ccc(OCCN)cc2)C(C)C)cc1. The van der Waals surface area contributed by atoms with Gasteiger partial charge in [0.1, 0.15) is 24.1 Å². The number of benzene rings is 2. The highest BCUT2D eigenvalue weighted by Gasteiger charge is 2.24. The van der Waals surface area contributed by atoms with Gasteiger partial charge in [0.2, 0.25) is 5.91 Å². The highest BCUT2D eigenvalue weighted by Crippen LogP contribution is 2.17. The molecule has 29 heavy (non-hydrogen) atoms. The van der Waals surface area contributed by atoms with Crippen LogP contribution in [-0.2, 0) is 4.79 Å². The Morgan fingerprint density at radius 2 is 1.55 bits per heavy atom. The molecule has 156 valence electrons. The molecule has 2 aromatic rings. The number of amides is 2. The Labute approximate surface area is 171 Å². The molecule has 0 aliphatic heterocycles. The highest BCUT2D eigenvalue weighted by atomic mass is 16.5. The topological polar surface area (TPSA) is 103 Å². The number of nitrogens with one attached hydrogen (secondary N) is 2. The number of carbonyl (C=O) groups excluding carboxylic acids is 2. The molecule has 0 saturated heterocycles. The number of hydrogen-bond donors (Lipinski definition) is 3. The van der Waals surface area contributed by atoms with E-state index in [0.29, 0.717) is 42.5 Å². The average Bonchev–Trinajstić information content (AvgIpc) is 2.71. The molecule has 4 N–H and O–H groups in total. The summed E-state index contributed by atoms with van der Waals surface area (Å²) in [6, 6.07) is 13.1. The lowest BCUT2D eigenvalue weighted by atomic mass is 10.0. The second-order valence-electron chi connectivity index (χ2n) is 6.80. The van der Waals surface area contributed by atoms with Gasteiger partial charge in [-0.3, -0.25) is 9.59 Å². The van der Waals surface area contributed by atoms with Crippen LogP contribution in [0.1, 0.15) is 31.1 Å². The summed E-state index contributed by atoms with van der Waals surface area (Å²) < 4.78 is 10.8. The fraction of sp³-hybridized carbons (Fsp3) is 0.364. The fourth-order valence-electron chi connectivity index (χ4n) is 2.66. The molecule has 0 radical (unpaired) electrons. The van der Waals surface area contributed by atoms with Gasteiger partial charge >= 0.3 is 0 Å². The van der Waals surface area contributed by atoms with Crippen molar-refractivity contribution in [1.82, 2.24) is 5.32 Å². The quantitative estimate of drug-likeness (QED) is 0.570. The van der Waals surface area contributed by atoms with Gasteiger partial charge < -0.3 is 25.8 Å². The number of nitrogens with two attached hydrogens (primary N) is 1. The summed E-state index contributed by atoms with van der Waals surface area (Å²) in [4.78, 5) is 25.3. The monoisotopic (exact) mass is 399 g/mol. The van der Waals surface area contributed by atoms with Crippen molar-refractivity contribution in [3.63, 3.8) is 0 Å². The zero-order chi connectivity index (χ0) is 21.2. The Morgan fingerprint density at radius 3 is 2.10 bits per heavy atom. The fourth-order valence-corrected chi connectivity index (χ4v) is 2.66. The first kappa shape index (κ1) is 22.2. The summed E-state index contributed by atoms with van der Waals surface area (Å²) in [5.74, 6) is 0.690. The molecular weight excluding hydrogens is 370 g/mol. The molecule has 2 aromatic carbocycles. The van der Waals surface area contributed by atoms with E-state index in [-0.39, 0.29) is 17.7 Å². The largest absolute Gasteiger partial charge is 0.494 e. The minimum Gasteiger partial charge on any atom is -0.494 e. The predicted octanol–water partition coefficient (Wildman–Crippen LogP) is 2.82. The zero-order valence-corrected chi connectivity index (χ0v) is 17.1. The van der Waals surface area contributed by atoms with Gasteiger partial charge in [0, 0.05) is 17.8 Å². The standard InChI is InChI=1S/C22H29N3O4/c1-4-28-18-9-5-16(6-10-18)21(26)25-20(15(2)3)22(27)24-17-7-11-19(12-8-17)29-14-13-23/h5-12,15,20H,4,13-14,23H2,1-3H3,(H,24,27)(H,25,26). The van der Waals surface area contributed by atoms with Crippen LogP contribution in [0.5, 0.6) is 11.5 Å². The van der Waals surface area contributed by atoms with E-state index in [2.05, 4.69) is 10.6 Å². The van der Waals surface area contributed by atoms with Gasteiger partial charge in [-0.15, -0.1) is 0 Å². The molecule has 0 aromatic heterocycles. The van der Waals surface area contributed by atoms with E-state index in [1.165, 1.54) is 0 Å². The lowest BCUT2D eigenvalue weighted by molar-refractivity contribution is -0.118. The second-order valence-corrected chi connectivity index (χ2v) is 6.80. The predicted molar refractivity (Wildman–Crippen MR) is 113 cm³/mol. The van der Waals surface area contributed by atoms with Crippen molar-refractivity contribution < 1.29 is 19.1 Å². The van der Waals surface area contributed by atoms with Crippen molar-refractivity contribution >= 4 is 17.5 Å². The smallest absolute Gasteiger partial charge is 0.251 e. The summed E-state index contributed by atoms with van der Waals surface area (Å²) >= 11 is 0. The van der Waals surface area contributed by atoms with Gasteiger partial charge in [0.25, 0.3) is 5.91 Å². The van der Waals surface area contributed by atoms with E-state index >= 15 is 0 Å². The van der Waals surface area contributed by atoms with E-state index in [1.54, 1.807) is 48.5 Å². The molecule has 1 unspecified atom stereocenters. The first-order chi connectivity index (χ1) is 13.9. The Morgan fingerprint density at radius 1 is 0.966 bits per heavy atom. The van der Waals surface area contributed by atoms with Crippen molar-refractivity contribution in [1.29, 1.82) is 0 Å². The van der Waals surface area contributed by atoms with Crippen LogP contribution in [0.15, 0.2) is 48.5 Å². The third-order valence-electron chi connectivity index (χ3n) is 4.17. The van der Waals surface area contributed by atoms with Gasteiger partial charge in [-0.2, -0.15) is 0 Å². The lowest BCUT2D eigenvalue weighted by Gasteiger charge is -2.22. The van der Waals surface area contributed by atoms with Gasteiger partial charge in [-0.05, 0) is 61.4 Å². The molecule has 2 amide bonds. The molecule has 0 bridgehead atoms. The minimum atomic E-state index is -0.678. The highest BCUT2D eigenvalue weighted by molar-refractivity contribution is 6.01. The Bertz CT molecular complexity index is 789. The van der Waals surface area contributed by atoms with E-state index in [0.717, 1.165) is 0 Å². The number of anilines is 1. The maximum atomic E-state index is 12.7. The van der Waals surface area contributed by atoms with Crippen LogP contribution < -0.4 is 25.8 Å². The Balaban J connectivity index is 2.00. The van der Waals surface area contributed by atoms with E-state index in [1.807, 2.05) is 20.8 Å². The second kappa shape index (κ2) is 11.1. The van der Waals surface area contributed by atoms with E-state index < -0.39 is 6.04 Å². The molecule has 0 fully saturated rings. The number of ether oxygens (including phenoxy) is 2. The normalized spacial score (nSPS) is 11.6. The third kappa shape index (κ3) is 6.80. The van der Waals surface area contributed by atoms with Crippen LogP contribution in [0.3, 0.4) is 0 Å². The molecule has 0 saturated carbocycles. The van der Waals surface area contributed by atoms with Crippen LogP contribution in [0, 0.1) is 5.92 Å². The van der Waals surface area contributed by atoms with E-state index in [9.17, 15) is 9.59 Å². The minimum absolute atomic E-state index is 0.0891. The summed E-state index contributed by atoms with van der Waals surface area (Å²) in [6.07, 6.45) is 0. The first-order valence-corrected chi connectivity index (χ1v) is 9.72. The average molecular weight is 399 g/mol. The van der Waals surface area contributed by atoms with Gasteiger partial charge in [0.15, 0.2) is 0 Å². The third-order valence-corrected chi connectivity index (χ3v) is 4.17. The lowest BCUT2D eigenvalue weighted by Crippen LogP contribution is -2.47. The van der Waals surface area contributed by atoms with Crippen LogP contribution in [-0.4, -0.2) is 37.6 Å². The molecule has 1 atom stereocenters. The molecule has 7 nitrogen and oxygen atoms in total. The maximum Gasteiger partial charge on any atom is 0.251 e. The molecule has 0 heterocycles. The maximum absolute atomic E-state index is 12.7. The van der Waals surface area contributed by atoms with Gasteiger partial charge in [-0.25, -0.2) is 0 Å². The van der Waals surface area contributed by atoms with Crippen LogP contribution in [0.2, 0.25) is 0 Å². The molecule has 0 aliphatic carbocycles. The summed E-state index contributed by atoms with van der Waals surface area (Å²) in [7, 11) is 0. The van der Waals surface area contributed by atoms with Gasteiger partial charge in [-0.1, -0.05) is 13.8 Å². The van der Waals surface area contributed by atoms with Crippen molar-refractivity contribution in [3.05, 3.63) is 54.1 Å². The van der Waals surface area contributed by atoms with E-state index in [4.69, 9.17) is 15.2 Å². The van der Waals surface area contributed by atoms with Crippen LogP contribution in [0.25, 0.3) is 0 Å². The summed E-state index contributed by atoms with van der Waals surface area (Å²) in [5.41, 5.74) is 6.50. The number of rotatable bonds is 10. The molecule has 7 heteroatoms. The zero-order valence-electron chi connectivity index (χ0n) is 17.1. The number of hydrogen-bond acceptors (Lipinski definition) is 5. The van der Waals surface area contributed by atoms with Gasteiger partial charge in [0.05, 0.1) is 6.61 Å². The molecule has 0 aliphatic rings. The molecular formula is C22H29N3O4. The summed E-state index contributed by atoms with van der Waals surface area (Å²) in [6.45, 7) is 7.08. The van der Waals surface area contributed by atoms with Crippen molar-refractivity contribution in [2.45, 2.75) is 26.8 Å². The van der Waals surface area contributed by atoms with Crippen molar-refractivity contribution in [2.75, 3.05) is 25.1 Å². The molecule has 2 rings (SSSR count). The van der Waals surface area contributed by atoms with Crippen LogP contribution in [0.4, 0.5) is 5.69 Å². The van der Waals surface area contributed by atoms with Crippen LogP contribution >= 0.6 is 0 Å². The van der Waals surface area contributed by atoms with Crippen molar-refractivity contribution in [3.8, 4) is 11.5 Å². The molecule has 0 spiro atoms. The first-order valence-electron chi connectivity index (χ1n) is 9.72. The van der Waals surface area contributed by atoms with Crippen molar-refractivity contribution in [2.24, 2.45) is 11.7 Å².